The fourth-order valence-electron chi connectivity index (χ4n) is 1.60. The molecule has 0 saturated carbocycles. The lowest BCUT2D eigenvalue weighted by molar-refractivity contribution is 0.315. The zero-order valence-electron chi connectivity index (χ0n) is 7.98. The standard InChI is InChI=1S/C10H22/c1-5-8-10(7-3)9(4)6-2/h9-10H,5-8H2,1-4H3/t9-,10-/m1/s1. The van der Waals surface area contributed by atoms with Gasteiger partial charge in [-0.2, -0.15) is 0 Å². The first kappa shape index (κ1) is 10.0. The fourth-order valence-corrected chi connectivity index (χ4v) is 1.60. The van der Waals surface area contributed by atoms with Crippen molar-refractivity contribution < 1.29 is 0 Å². The minimum atomic E-state index is 0.935. The Bertz CT molecular complexity index is 66.4. The van der Waals surface area contributed by atoms with Gasteiger partial charge in [-0.15, -0.1) is 0 Å². The van der Waals surface area contributed by atoms with Gasteiger partial charge in [-0.25, -0.2) is 0 Å². The van der Waals surface area contributed by atoms with Crippen LogP contribution in [0, 0.1) is 11.8 Å². The second-order valence-electron chi connectivity index (χ2n) is 3.34. The smallest absolute Gasteiger partial charge is 0.0391 e. The van der Waals surface area contributed by atoms with Crippen LogP contribution >= 0.6 is 0 Å². The molecule has 0 aromatic heterocycles. The second-order valence-corrected chi connectivity index (χ2v) is 3.34. The molecule has 0 radical (unpaired) electrons. The van der Waals surface area contributed by atoms with Crippen molar-refractivity contribution in [3.8, 4) is 0 Å². The summed E-state index contributed by atoms with van der Waals surface area (Å²) in [5, 5.41) is 0. The Morgan fingerprint density at radius 2 is 1.60 bits per heavy atom. The minimum absolute atomic E-state index is 0.935. The Balaban J connectivity index is 3.56. The molecule has 0 unspecified atom stereocenters. The van der Waals surface area contributed by atoms with E-state index in [9.17, 15) is 0 Å². The average Bonchev–Trinajstić information content (AvgIpc) is 1.99. The first-order chi connectivity index (χ1) is 4.76. The predicted molar refractivity (Wildman–Crippen MR) is 48.1 cm³/mol. The van der Waals surface area contributed by atoms with Crippen LogP contribution in [-0.2, 0) is 0 Å². The molecule has 0 aromatic rings. The fraction of sp³-hybridized carbons (Fsp3) is 1.00. The molecule has 0 rings (SSSR count). The van der Waals surface area contributed by atoms with Crippen molar-refractivity contribution in [3.05, 3.63) is 0 Å². The lowest BCUT2D eigenvalue weighted by atomic mass is 9.86. The third kappa shape index (κ3) is 3.24. The van der Waals surface area contributed by atoms with E-state index in [-0.39, 0.29) is 0 Å². The van der Waals surface area contributed by atoms with Crippen LogP contribution < -0.4 is 0 Å². The molecule has 62 valence electrons. The highest BCUT2D eigenvalue weighted by Crippen LogP contribution is 2.22. The van der Waals surface area contributed by atoms with E-state index in [0.29, 0.717) is 0 Å². The van der Waals surface area contributed by atoms with Crippen LogP contribution in [0.3, 0.4) is 0 Å². The van der Waals surface area contributed by atoms with Gasteiger partial charge in [0.15, 0.2) is 0 Å². The van der Waals surface area contributed by atoms with Crippen molar-refractivity contribution in [1.29, 1.82) is 0 Å². The van der Waals surface area contributed by atoms with Crippen LogP contribution in [0.2, 0.25) is 0 Å². The highest BCUT2D eigenvalue weighted by atomic mass is 14.2. The molecule has 10 heavy (non-hydrogen) atoms. The van der Waals surface area contributed by atoms with Gasteiger partial charge < -0.3 is 0 Å². The predicted octanol–water partition coefficient (Wildman–Crippen LogP) is 3.86. The Hall–Kier alpha value is 0. The van der Waals surface area contributed by atoms with Crippen LogP contribution in [0.5, 0.6) is 0 Å². The summed E-state index contributed by atoms with van der Waals surface area (Å²) in [4.78, 5) is 0. The largest absolute Gasteiger partial charge is 0.0654 e. The molecule has 2 atom stereocenters. The van der Waals surface area contributed by atoms with E-state index in [2.05, 4.69) is 27.7 Å². The summed E-state index contributed by atoms with van der Waals surface area (Å²) in [6.45, 7) is 9.27. The van der Waals surface area contributed by atoms with Crippen molar-refractivity contribution in [2.24, 2.45) is 11.8 Å². The van der Waals surface area contributed by atoms with Gasteiger partial charge in [-0.3, -0.25) is 0 Å². The van der Waals surface area contributed by atoms with E-state index in [1.165, 1.54) is 25.7 Å². The molecule has 0 aromatic carbocycles. The molecule has 0 amide bonds. The van der Waals surface area contributed by atoms with E-state index in [4.69, 9.17) is 0 Å². The van der Waals surface area contributed by atoms with Crippen LogP contribution in [-0.4, -0.2) is 0 Å². The molecule has 0 spiro atoms. The highest BCUT2D eigenvalue weighted by molar-refractivity contribution is 4.62. The van der Waals surface area contributed by atoms with Gasteiger partial charge in [0.25, 0.3) is 0 Å². The molecule has 0 aliphatic heterocycles. The Morgan fingerprint density at radius 1 is 1.00 bits per heavy atom. The molecule has 0 aliphatic carbocycles. The summed E-state index contributed by atoms with van der Waals surface area (Å²) in [5.74, 6) is 1.92. The van der Waals surface area contributed by atoms with E-state index >= 15 is 0 Å². The topological polar surface area (TPSA) is 0 Å². The lowest BCUT2D eigenvalue weighted by Crippen LogP contribution is -2.09. The molecule has 0 heterocycles. The molecule has 0 aliphatic rings. The molecule has 0 N–H and O–H groups in total. The van der Waals surface area contributed by atoms with Crippen LogP contribution in [0.25, 0.3) is 0 Å². The molecule has 0 nitrogen and oxygen atoms in total. The highest BCUT2D eigenvalue weighted by Gasteiger charge is 2.11. The second kappa shape index (κ2) is 5.76. The van der Waals surface area contributed by atoms with Crippen LogP contribution in [0.4, 0.5) is 0 Å². The van der Waals surface area contributed by atoms with Gasteiger partial charge in [0.05, 0.1) is 0 Å². The van der Waals surface area contributed by atoms with Gasteiger partial charge in [0.2, 0.25) is 0 Å². The Morgan fingerprint density at radius 3 is 1.90 bits per heavy atom. The molecular weight excluding hydrogens is 120 g/mol. The number of rotatable bonds is 5. The quantitative estimate of drug-likeness (QED) is 0.547. The summed E-state index contributed by atoms with van der Waals surface area (Å²) in [6, 6.07) is 0. The molecule has 0 heteroatoms. The summed E-state index contributed by atoms with van der Waals surface area (Å²) in [6.07, 6.45) is 5.48. The van der Waals surface area contributed by atoms with Crippen molar-refractivity contribution in [2.45, 2.75) is 53.4 Å². The zero-order chi connectivity index (χ0) is 7.98. The van der Waals surface area contributed by atoms with E-state index in [0.717, 1.165) is 11.8 Å². The first-order valence-corrected chi connectivity index (χ1v) is 4.76. The molecule has 0 fully saturated rings. The van der Waals surface area contributed by atoms with Crippen molar-refractivity contribution in [2.75, 3.05) is 0 Å². The maximum atomic E-state index is 2.38. The molecular formula is C10H22. The van der Waals surface area contributed by atoms with Gasteiger partial charge >= 0.3 is 0 Å². The number of hydrogen-bond acceptors (Lipinski definition) is 0. The molecule has 0 saturated heterocycles. The average molecular weight is 142 g/mol. The normalized spacial score (nSPS) is 16.8. The van der Waals surface area contributed by atoms with Crippen molar-refractivity contribution in [1.82, 2.24) is 0 Å². The molecule has 0 bridgehead atoms. The van der Waals surface area contributed by atoms with E-state index < -0.39 is 0 Å². The lowest BCUT2D eigenvalue weighted by Gasteiger charge is -2.20. The third-order valence-corrected chi connectivity index (χ3v) is 2.63. The van der Waals surface area contributed by atoms with Gasteiger partial charge in [-0.05, 0) is 11.8 Å². The van der Waals surface area contributed by atoms with Gasteiger partial charge in [0.1, 0.15) is 0 Å². The SMILES string of the molecule is CCC[C@@H](CC)[C@H](C)CC. The van der Waals surface area contributed by atoms with Crippen molar-refractivity contribution in [3.63, 3.8) is 0 Å². The van der Waals surface area contributed by atoms with Crippen molar-refractivity contribution >= 4 is 0 Å². The van der Waals surface area contributed by atoms with Gasteiger partial charge in [-0.1, -0.05) is 53.4 Å². The van der Waals surface area contributed by atoms with Crippen LogP contribution in [0.15, 0.2) is 0 Å². The monoisotopic (exact) mass is 142 g/mol. The number of hydrogen-bond donors (Lipinski definition) is 0. The van der Waals surface area contributed by atoms with E-state index in [1.807, 2.05) is 0 Å². The summed E-state index contributed by atoms with van der Waals surface area (Å²) in [7, 11) is 0. The van der Waals surface area contributed by atoms with Crippen LogP contribution in [0.1, 0.15) is 53.4 Å². The Kier molecular flexibility index (Phi) is 5.76. The summed E-state index contributed by atoms with van der Waals surface area (Å²) in [5.41, 5.74) is 0. The van der Waals surface area contributed by atoms with Gasteiger partial charge in [0, 0.05) is 0 Å². The maximum Gasteiger partial charge on any atom is -0.0391 e. The zero-order valence-corrected chi connectivity index (χ0v) is 7.98. The minimum Gasteiger partial charge on any atom is -0.0654 e. The van der Waals surface area contributed by atoms with E-state index in [1.54, 1.807) is 0 Å². The Labute approximate surface area is 66.0 Å². The first-order valence-electron chi connectivity index (χ1n) is 4.76. The summed E-state index contributed by atoms with van der Waals surface area (Å²) < 4.78 is 0. The maximum absolute atomic E-state index is 2.38. The summed E-state index contributed by atoms with van der Waals surface area (Å²) >= 11 is 0. The third-order valence-electron chi connectivity index (χ3n) is 2.63.